The van der Waals surface area contributed by atoms with E-state index in [1.54, 1.807) is 0 Å². The minimum atomic E-state index is 0.139. The van der Waals surface area contributed by atoms with E-state index in [9.17, 15) is 0 Å². The molecule has 0 saturated heterocycles. The third-order valence-electron chi connectivity index (χ3n) is 1.74. The first-order valence-electron chi connectivity index (χ1n) is 5.70. The number of hydrogen-bond donors (Lipinski definition) is 3. The molecule has 0 fully saturated rings. The molecule has 0 aromatic heterocycles. The Balaban J connectivity index is 3.90. The van der Waals surface area contributed by atoms with E-state index >= 15 is 0 Å². The van der Waals surface area contributed by atoms with Gasteiger partial charge in [0.05, 0.1) is 13.1 Å². The van der Waals surface area contributed by atoms with Crippen LogP contribution in [-0.4, -0.2) is 37.7 Å². The van der Waals surface area contributed by atoms with Gasteiger partial charge in [-0.05, 0) is 27.7 Å². The molecule has 0 unspecified atom stereocenters. The normalized spacial score (nSPS) is 12.1. The molecule has 0 amide bonds. The first kappa shape index (κ1) is 14.8. The van der Waals surface area contributed by atoms with Crippen molar-refractivity contribution in [1.82, 2.24) is 16.0 Å². The minimum absolute atomic E-state index is 0.139. The van der Waals surface area contributed by atoms with E-state index in [2.05, 4.69) is 47.6 Å². The Morgan fingerprint density at radius 3 is 2.50 bits per heavy atom. The number of hydrogen-bond acceptors (Lipinski definition) is 2. The molecule has 0 saturated carbocycles. The molecule has 0 bridgehead atoms. The van der Waals surface area contributed by atoms with Crippen molar-refractivity contribution < 1.29 is 0 Å². The van der Waals surface area contributed by atoms with E-state index in [0.717, 1.165) is 25.6 Å². The van der Waals surface area contributed by atoms with Crippen LogP contribution < -0.4 is 16.0 Å². The van der Waals surface area contributed by atoms with Crippen LogP contribution in [0.2, 0.25) is 0 Å². The Morgan fingerprint density at radius 2 is 2.00 bits per heavy atom. The summed E-state index contributed by atoms with van der Waals surface area (Å²) in [5.74, 6) is 3.30. The molecule has 0 aromatic rings. The van der Waals surface area contributed by atoms with Gasteiger partial charge in [-0.15, -0.1) is 6.42 Å². The summed E-state index contributed by atoms with van der Waals surface area (Å²) < 4.78 is 0. The summed E-state index contributed by atoms with van der Waals surface area (Å²) in [4.78, 5) is 4.39. The average molecular weight is 224 g/mol. The number of nitrogens with one attached hydrogen (secondary N) is 3. The summed E-state index contributed by atoms with van der Waals surface area (Å²) in [6.45, 7) is 11.4. The Kier molecular flexibility index (Phi) is 7.40. The molecule has 0 atom stereocenters. The maximum absolute atomic E-state index is 5.18. The van der Waals surface area contributed by atoms with Crippen molar-refractivity contribution in [1.29, 1.82) is 0 Å². The van der Waals surface area contributed by atoms with Crippen molar-refractivity contribution in [2.75, 3.05) is 26.2 Å². The maximum Gasteiger partial charge on any atom is 0.192 e. The SMILES string of the molecule is C#CCNC(=NCCNC(C)(C)C)NCC. The molecule has 16 heavy (non-hydrogen) atoms. The predicted molar refractivity (Wildman–Crippen MR) is 70.6 cm³/mol. The van der Waals surface area contributed by atoms with Gasteiger partial charge >= 0.3 is 0 Å². The monoisotopic (exact) mass is 224 g/mol. The molecule has 3 N–H and O–H groups in total. The first-order valence-corrected chi connectivity index (χ1v) is 5.70. The highest BCUT2D eigenvalue weighted by molar-refractivity contribution is 5.79. The third kappa shape index (κ3) is 9.35. The molecule has 4 nitrogen and oxygen atoms in total. The van der Waals surface area contributed by atoms with Crippen molar-refractivity contribution in [2.45, 2.75) is 33.2 Å². The van der Waals surface area contributed by atoms with Crippen LogP contribution >= 0.6 is 0 Å². The molecule has 0 radical (unpaired) electrons. The molecule has 4 heteroatoms. The first-order chi connectivity index (χ1) is 7.49. The van der Waals surface area contributed by atoms with Gasteiger partial charge in [0.2, 0.25) is 0 Å². The summed E-state index contributed by atoms with van der Waals surface area (Å²) >= 11 is 0. The van der Waals surface area contributed by atoms with Gasteiger partial charge in [-0.3, -0.25) is 4.99 Å². The lowest BCUT2D eigenvalue weighted by molar-refractivity contribution is 0.432. The van der Waals surface area contributed by atoms with Crippen LogP contribution in [0.5, 0.6) is 0 Å². The van der Waals surface area contributed by atoms with Gasteiger partial charge in [0.1, 0.15) is 0 Å². The molecule has 0 rings (SSSR count). The summed E-state index contributed by atoms with van der Waals surface area (Å²) in [6, 6.07) is 0. The zero-order chi connectivity index (χ0) is 12.4. The lowest BCUT2D eigenvalue weighted by Crippen LogP contribution is -2.40. The fourth-order valence-electron chi connectivity index (χ4n) is 1.08. The highest BCUT2D eigenvalue weighted by atomic mass is 15.2. The largest absolute Gasteiger partial charge is 0.357 e. The summed E-state index contributed by atoms with van der Waals surface area (Å²) in [5.41, 5.74) is 0.139. The Hall–Kier alpha value is -1.21. The average Bonchev–Trinajstić information content (AvgIpc) is 2.19. The molecular formula is C12H24N4. The number of guanidine groups is 1. The zero-order valence-corrected chi connectivity index (χ0v) is 10.9. The number of rotatable bonds is 5. The van der Waals surface area contributed by atoms with Crippen molar-refractivity contribution in [3.8, 4) is 12.3 Å². The van der Waals surface area contributed by atoms with Crippen molar-refractivity contribution in [3.05, 3.63) is 0 Å². The van der Waals surface area contributed by atoms with Gasteiger partial charge in [0.15, 0.2) is 5.96 Å². The van der Waals surface area contributed by atoms with Gasteiger partial charge in [-0.1, -0.05) is 5.92 Å². The fourth-order valence-corrected chi connectivity index (χ4v) is 1.08. The van der Waals surface area contributed by atoms with Crippen LogP contribution in [0.15, 0.2) is 4.99 Å². The highest BCUT2D eigenvalue weighted by Crippen LogP contribution is 1.96. The lowest BCUT2D eigenvalue weighted by Gasteiger charge is -2.19. The molecular weight excluding hydrogens is 200 g/mol. The van der Waals surface area contributed by atoms with Gasteiger partial charge in [0.25, 0.3) is 0 Å². The number of terminal acetylenes is 1. The topological polar surface area (TPSA) is 48.5 Å². The predicted octanol–water partition coefficient (Wildman–Crippen LogP) is 0.563. The van der Waals surface area contributed by atoms with Crippen LogP contribution in [0.25, 0.3) is 0 Å². The molecule has 92 valence electrons. The van der Waals surface area contributed by atoms with Crippen LogP contribution in [0.3, 0.4) is 0 Å². The van der Waals surface area contributed by atoms with E-state index < -0.39 is 0 Å². The quantitative estimate of drug-likeness (QED) is 0.277. The van der Waals surface area contributed by atoms with Gasteiger partial charge in [-0.2, -0.15) is 0 Å². The summed E-state index contributed by atoms with van der Waals surface area (Å²) in [7, 11) is 0. The summed E-state index contributed by atoms with van der Waals surface area (Å²) in [6.07, 6.45) is 5.18. The zero-order valence-electron chi connectivity index (χ0n) is 10.9. The second-order valence-corrected chi connectivity index (χ2v) is 4.50. The summed E-state index contributed by atoms with van der Waals surface area (Å²) in [5, 5.41) is 9.55. The lowest BCUT2D eigenvalue weighted by atomic mass is 10.1. The second kappa shape index (κ2) is 8.00. The Bertz CT molecular complexity index is 245. The molecule has 0 heterocycles. The van der Waals surface area contributed by atoms with Crippen LogP contribution in [0.1, 0.15) is 27.7 Å². The van der Waals surface area contributed by atoms with E-state index in [1.807, 2.05) is 6.92 Å². The van der Waals surface area contributed by atoms with Gasteiger partial charge < -0.3 is 16.0 Å². The molecule has 0 aliphatic rings. The van der Waals surface area contributed by atoms with E-state index in [-0.39, 0.29) is 5.54 Å². The molecule has 0 spiro atoms. The van der Waals surface area contributed by atoms with Gasteiger partial charge in [-0.25, -0.2) is 0 Å². The van der Waals surface area contributed by atoms with Crippen LogP contribution in [0.4, 0.5) is 0 Å². The highest BCUT2D eigenvalue weighted by Gasteiger charge is 2.06. The van der Waals surface area contributed by atoms with E-state index in [4.69, 9.17) is 6.42 Å². The van der Waals surface area contributed by atoms with Crippen molar-refractivity contribution >= 4 is 5.96 Å². The van der Waals surface area contributed by atoms with E-state index in [0.29, 0.717) is 6.54 Å². The maximum atomic E-state index is 5.18. The number of nitrogens with zero attached hydrogens (tertiary/aromatic N) is 1. The molecule has 0 aliphatic carbocycles. The standard InChI is InChI=1S/C12H24N4/c1-6-8-14-11(13-7-2)15-9-10-16-12(3,4)5/h1,16H,7-10H2,2-5H3,(H2,13,14,15). The minimum Gasteiger partial charge on any atom is -0.357 e. The third-order valence-corrected chi connectivity index (χ3v) is 1.74. The van der Waals surface area contributed by atoms with Crippen LogP contribution in [0, 0.1) is 12.3 Å². The smallest absolute Gasteiger partial charge is 0.192 e. The molecule has 0 aliphatic heterocycles. The Morgan fingerprint density at radius 1 is 1.31 bits per heavy atom. The van der Waals surface area contributed by atoms with Gasteiger partial charge in [0, 0.05) is 18.6 Å². The number of aliphatic imine (C=N–C) groups is 1. The van der Waals surface area contributed by atoms with Crippen molar-refractivity contribution in [3.63, 3.8) is 0 Å². The second-order valence-electron chi connectivity index (χ2n) is 4.50. The molecule has 0 aromatic carbocycles. The fraction of sp³-hybridized carbons (Fsp3) is 0.750. The Labute approximate surface area is 99.3 Å². The van der Waals surface area contributed by atoms with Crippen molar-refractivity contribution in [2.24, 2.45) is 4.99 Å². The van der Waals surface area contributed by atoms with Crippen LogP contribution in [-0.2, 0) is 0 Å². The van der Waals surface area contributed by atoms with E-state index in [1.165, 1.54) is 0 Å².